The zero-order valence-corrected chi connectivity index (χ0v) is 11.1. The lowest BCUT2D eigenvalue weighted by atomic mass is 10.3. The van der Waals surface area contributed by atoms with Gasteiger partial charge in [-0.1, -0.05) is 0 Å². The number of pyridine rings is 1. The van der Waals surface area contributed by atoms with Gasteiger partial charge in [-0.15, -0.1) is 11.6 Å². The Morgan fingerprint density at radius 1 is 1.44 bits per heavy atom. The van der Waals surface area contributed by atoms with Crippen LogP contribution in [0.2, 0.25) is 0 Å². The highest BCUT2D eigenvalue weighted by Gasteiger charge is 2.16. The predicted molar refractivity (Wildman–Crippen MR) is 66.5 cm³/mol. The minimum Gasteiger partial charge on any atom is -0.433 e. The standard InChI is InChI=1S/C12H13ClFN3O/c1-7-11(8(2)17(3)16-7)18-12-10(14)9(6-13)4-5-15-12/h4-5H,6H2,1-3H3. The molecule has 0 bridgehead atoms. The molecule has 18 heavy (non-hydrogen) atoms. The molecule has 4 nitrogen and oxygen atoms in total. The monoisotopic (exact) mass is 269 g/mol. The number of ether oxygens (including phenoxy) is 1. The van der Waals surface area contributed by atoms with E-state index in [1.54, 1.807) is 18.7 Å². The van der Waals surface area contributed by atoms with E-state index in [0.717, 1.165) is 5.69 Å². The molecule has 2 rings (SSSR count). The van der Waals surface area contributed by atoms with Gasteiger partial charge in [-0.05, 0) is 19.9 Å². The maximum atomic E-state index is 13.9. The molecule has 96 valence electrons. The van der Waals surface area contributed by atoms with E-state index in [2.05, 4.69) is 10.1 Å². The van der Waals surface area contributed by atoms with Crippen molar-refractivity contribution in [3.05, 3.63) is 35.0 Å². The van der Waals surface area contributed by atoms with Gasteiger partial charge < -0.3 is 4.74 Å². The molecule has 0 fully saturated rings. The number of aryl methyl sites for hydroxylation is 2. The first-order valence-corrected chi connectivity index (χ1v) is 5.95. The Bertz CT molecular complexity index is 583. The summed E-state index contributed by atoms with van der Waals surface area (Å²) in [6.07, 6.45) is 1.47. The van der Waals surface area contributed by atoms with Gasteiger partial charge in [0.1, 0.15) is 5.69 Å². The summed E-state index contributed by atoms with van der Waals surface area (Å²) in [7, 11) is 1.80. The SMILES string of the molecule is Cc1nn(C)c(C)c1Oc1nccc(CCl)c1F. The second-order valence-corrected chi connectivity index (χ2v) is 4.22. The van der Waals surface area contributed by atoms with Crippen LogP contribution in [0, 0.1) is 19.7 Å². The molecular weight excluding hydrogens is 257 g/mol. The van der Waals surface area contributed by atoms with Gasteiger partial charge in [0.05, 0.1) is 11.6 Å². The van der Waals surface area contributed by atoms with Gasteiger partial charge >= 0.3 is 0 Å². The van der Waals surface area contributed by atoms with Crippen molar-refractivity contribution in [1.29, 1.82) is 0 Å². The summed E-state index contributed by atoms with van der Waals surface area (Å²) >= 11 is 5.63. The Balaban J connectivity index is 2.40. The molecule has 2 aromatic rings. The van der Waals surface area contributed by atoms with E-state index in [1.165, 1.54) is 12.3 Å². The maximum Gasteiger partial charge on any atom is 0.256 e. The summed E-state index contributed by atoms with van der Waals surface area (Å²) in [6.45, 7) is 3.64. The van der Waals surface area contributed by atoms with Crippen molar-refractivity contribution in [3.8, 4) is 11.6 Å². The second kappa shape index (κ2) is 4.94. The van der Waals surface area contributed by atoms with Gasteiger partial charge in [-0.2, -0.15) is 5.10 Å². The topological polar surface area (TPSA) is 39.9 Å². The Morgan fingerprint density at radius 2 is 2.17 bits per heavy atom. The number of hydrogen-bond donors (Lipinski definition) is 0. The van der Waals surface area contributed by atoms with Crippen LogP contribution in [0.3, 0.4) is 0 Å². The predicted octanol–water partition coefficient (Wildman–Crippen LogP) is 3.10. The van der Waals surface area contributed by atoms with E-state index in [1.807, 2.05) is 6.92 Å². The molecule has 0 saturated carbocycles. The van der Waals surface area contributed by atoms with Crippen LogP contribution in [-0.4, -0.2) is 14.8 Å². The minimum atomic E-state index is -0.532. The summed E-state index contributed by atoms with van der Waals surface area (Å²) < 4.78 is 21.1. The number of aromatic nitrogens is 3. The van der Waals surface area contributed by atoms with Crippen molar-refractivity contribution in [2.75, 3.05) is 0 Å². The van der Waals surface area contributed by atoms with Gasteiger partial charge in [-0.25, -0.2) is 9.37 Å². The largest absolute Gasteiger partial charge is 0.433 e. The lowest BCUT2D eigenvalue weighted by molar-refractivity contribution is 0.415. The van der Waals surface area contributed by atoms with E-state index < -0.39 is 5.82 Å². The van der Waals surface area contributed by atoms with Crippen molar-refractivity contribution in [2.45, 2.75) is 19.7 Å². The minimum absolute atomic E-state index is 0.0765. The first-order chi connectivity index (χ1) is 8.54. The molecule has 0 aromatic carbocycles. The van der Waals surface area contributed by atoms with E-state index in [4.69, 9.17) is 16.3 Å². The normalized spacial score (nSPS) is 10.7. The molecule has 2 aromatic heterocycles. The molecule has 0 aliphatic heterocycles. The molecule has 0 saturated heterocycles. The zero-order chi connectivity index (χ0) is 13.3. The number of halogens is 2. The Hall–Kier alpha value is -1.62. The third kappa shape index (κ3) is 2.18. The van der Waals surface area contributed by atoms with Crippen molar-refractivity contribution in [3.63, 3.8) is 0 Å². The molecular formula is C12H13ClFN3O. The fraction of sp³-hybridized carbons (Fsp3) is 0.333. The molecule has 0 N–H and O–H groups in total. The Kier molecular flexibility index (Phi) is 3.52. The molecule has 0 radical (unpaired) electrons. The molecule has 0 spiro atoms. The first-order valence-electron chi connectivity index (χ1n) is 5.42. The van der Waals surface area contributed by atoms with Crippen molar-refractivity contribution in [2.24, 2.45) is 7.05 Å². The van der Waals surface area contributed by atoms with Crippen LogP contribution in [0.1, 0.15) is 17.0 Å². The van der Waals surface area contributed by atoms with Crippen LogP contribution in [0.5, 0.6) is 11.6 Å². The molecule has 0 atom stereocenters. The molecule has 0 amide bonds. The second-order valence-electron chi connectivity index (χ2n) is 3.95. The third-order valence-corrected chi connectivity index (χ3v) is 3.01. The van der Waals surface area contributed by atoms with E-state index in [-0.39, 0.29) is 11.8 Å². The van der Waals surface area contributed by atoms with Gasteiger partial charge in [0.25, 0.3) is 5.88 Å². The number of alkyl halides is 1. The number of hydrogen-bond acceptors (Lipinski definition) is 3. The van der Waals surface area contributed by atoms with Crippen LogP contribution < -0.4 is 4.74 Å². The summed E-state index contributed by atoms with van der Waals surface area (Å²) in [6, 6.07) is 1.53. The maximum absolute atomic E-state index is 13.9. The van der Waals surface area contributed by atoms with Crippen LogP contribution in [0.4, 0.5) is 4.39 Å². The summed E-state index contributed by atoms with van der Waals surface area (Å²) in [5.74, 6) is -0.00598. The Morgan fingerprint density at radius 3 is 2.72 bits per heavy atom. The number of rotatable bonds is 3. The van der Waals surface area contributed by atoms with Gasteiger partial charge in [-0.3, -0.25) is 4.68 Å². The average Bonchev–Trinajstić information content (AvgIpc) is 2.58. The van der Waals surface area contributed by atoms with Gasteiger partial charge in [0.2, 0.25) is 0 Å². The molecule has 0 aliphatic carbocycles. The van der Waals surface area contributed by atoms with E-state index in [0.29, 0.717) is 17.0 Å². The molecule has 6 heteroatoms. The fourth-order valence-electron chi connectivity index (χ4n) is 1.64. The lowest BCUT2D eigenvalue weighted by Crippen LogP contribution is -1.97. The van der Waals surface area contributed by atoms with Crippen LogP contribution >= 0.6 is 11.6 Å². The van der Waals surface area contributed by atoms with Gasteiger partial charge in [0.15, 0.2) is 11.6 Å². The zero-order valence-electron chi connectivity index (χ0n) is 10.4. The molecule has 2 heterocycles. The molecule has 0 unspecified atom stereocenters. The quantitative estimate of drug-likeness (QED) is 0.804. The highest BCUT2D eigenvalue weighted by atomic mass is 35.5. The van der Waals surface area contributed by atoms with Crippen molar-refractivity contribution < 1.29 is 9.13 Å². The summed E-state index contributed by atoms with van der Waals surface area (Å²) in [5, 5.41) is 4.19. The summed E-state index contributed by atoms with van der Waals surface area (Å²) in [4.78, 5) is 3.88. The highest BCUT2D eigenvalue weighted by Crippen LogP contribution is 2.29. The van der Waals surface area contributed by atoms with Crippen LogP contribution in [0.25, 0.3) is 0 Å². The lowest BCUT2D eigenvalue weighted by Gasteiger charge is -2.07. The molecule has 0 aliphatic rings. The fourth-order valence-corrected chi connectivity index (χ4v) is 1.84. The van der Waals surface area contributed by atoms with Crippen LogP contribution in [0.15, 0.2) is 12.3 Å². The van der Waals surface area contributed by atoms with E-state index >= 15 is 0 Å². The highest BCUT2D eigenvalue weighted by molar-refractivity contribution is 6.17. The van der Waals surface area contributed by atoms with Crippen molar-refractivity contribution in [1.82, 2.24) is 14.8 Å². The number of nitrogens with zero attached hydrogens (tertiary/aromatic N) is 3. The Labute approximate surface area is 109 Å². The first kappa shape index (κ1) is 12.8. The van der Waals surface area contributed by atoms with Gasteiger partial charge in [0, 0.05) is 18.8 Å². The van der Waals surface area contributed by atoms with E-state index in [9.17, 15) is 4.39 Å². The van der Waals surface area contributed by atoms with Crippen molar-refractivity contribution >= 4 is 11.6 Å². The smallest absolute Gasteiger partial charge is 0.256 e. The van der Waals surface area contributed by atoms with Crippen LogP contribution in [-0.2, 0) is 12.9 Å². The summed E-state index contributed by atoms with van der Waals surface area (Å²) in [5.41, 5.74) is 1.86. The average molecular weight is 270 g/mol. The third-order valence-electron chi connectivity index (χ3n) is 2.72.